The third kappa shape index (κ3) is 3.62. The highest BCUT2D eigenvalue weighted by Crippen LogP contribution is 2.30. The lowest BCUT2D eigenvalue weighted by Crippen LogP contribution is -2.18. The second kappa shape index (κ2) is 6.19. The van der Waals surface area contributed by atoms with Crippen LogP contribution in [0, 0.1) is 0 Å². The number of anilines is 1. The van der Waals surface area contributed by atoms with Crippen LogP contribution in [0.25, 0.3) is 5.57 Å². The van der Waals surface area contributed by atoms with Gasteiger partial charge in [0.1, 0.15) is 12.1 Å². The van der Waals surface area contributed by atoms with Gasteiger partial charge in [-0.25, -0.2) is 9.97 Å². The van der Waals surface area contributed by atoms with Crippen LogP contribution >= 0.6 is 0 Å². The molecule has 7 heteroatoms. The minimum atomic E-state index is -4.71. The maximum Gasteiger partial charge on any atom is 0.573 e. The molecule has 0 saturated carbocycles. The summed E-state index contributed by atoms with van der Waals surface area (Å²) in [5.74, 6) is -0.273. The van der Waals surface area contributed by atoms with E-state index in [0.717, 1.165) is 11.1 Å². The van der Waals surface area contributed by atoms with E-state index in [-0.39, 0.29) is 5.75 Å². The molecule has 24 heavy (non-hydrogen) atoms. The predicted molar refractivity (Wildman–Crippen MR) is 83.9 cm³/mol. The van der Waals surface area contributed by atoms with Crippen LogP contribution in [0.3, 0.4) is 0 Å². The molecule has 2 heterocycles. The van der Waals surface area contributed by atoms with Crippen molar-refractivity contribution >= 4 is 11.3 Å². The fourth-order valence-corrected chi connectivity index (χ4v) is 2.20. The van der Waals surface area contributed by atoms with Gasteiger partial charge in [-0.1, -0.05) is 12.7 Å². The molecule has 1 aromatic heterocycles. The van der Waals surface area contributed by atoms with Gasteiger partial charge >= 0.3 is 6.36 Å². The third-order valence-electron chi connectivity index (χ3n) is 3.28. The van der Waals surface area contributed by atoms with E-state index >= 15 is 0 Å². The largest absolute Gasteiger partial charge is 0.573 e. The zero-order valence-corrected chi connectivity index (χ0v) is 12.4. The fourth-order valence-electron chi connectivity index (χ4n) is 2.20. The number of halogens is 3. The van der Waals surface area contributed by atoms with Gasteiger partial charge in [-0.15, -0.1) is 13.2 Å². The van der Waals surface area contributed by atoms with Gasteiger partial charge in [0, 0.05) is 41.1 Å². The maximum absolute atomic E-state index is 12.2. The molecular formula is C17H12F3N3O. The van der Waals surface area contributed by atoms with Crippen molar-refractivity contribution in [3.63, 3.8) is 0 Å². The first-order chi connectivity index (χ1) is 11.4. The summed E-state index contributed by atoms with van der Waals surface area (Å²) in [7, 11) is 0. The van der Waals surface area contributed by atoms with E-state index in [1.165, 1.54) is 30.6 Å². The zero-order chi connectivity index (χ0) is 17.2. The Morgan fingerprint density at radius 1 is 1.00 bits per heavy atom. The Bertz CT molecular complexity index is 796. The van der Waals surface area contributed by atoms with Gasteiger partial charge in [-0.05, 0) is 30.3 Å². The average molecular weight is 331 g/mol. The monoisotopic (exact) mass is 331 g/mol. The quantitative estimate of drug-likeness (QED) is 0.840. The van der Waals surface area contributed by atoms with E-state index in [0.29, 0.717) is 11.4 Å². The Morgan fingerprint density at radius 3 is 2.29 bits per heavy atom. The molecule has 0 aliphatic carbocycles. The number of alkyl halides is 3. The van der Waals surface area contributed by atoms with Crippen molar-refractivity contribution in [2.75, 3.05) is 4.90 Å². The number of aromatic nitrogens is 2. The standard InChI is InChI=1S/C17H12F3N3O/c1-12-2-3-13(14-8-21-11-22-9-14)10-23(12)15-4-6-16(7-5-15)24-17(18,19)20/h2-11H,1H2. The summed E-state index contributed by atoms with van der Waals surface area (Å²) in [6, 6.07) is 5.57. The van der Waals surface area contributed by atoms with E-state index in [1.54, 1.807) is 17.3 Å². The van der Waals surface area contributed by atoms with Crippen LogP contribution in [0.2, 0.25) is 0 Å². The molecule has 2 aromatic rings. The molecule has 122 valence electrons. The van der Waals surface area contributed by atoms with Crippen molar-refractivity contribution < 1.29 is 17.9 Å². The first-order valence-corrected chi connectivity index (χ1v) is 6.92. The lowest BCUT2D eigenvalue weighted by Gasteiger charge is -2.25. The van der Waals surface area contributed by atoms with Crippen LogP contribution in [-0.4, -0.2) is 16.3 Å². The number of rotatable bonds is 3. The molecule has 0 amide bonds. The molecule has 0 radical (unpaired) electrons. The highest BCUT2D eigenvalue weighted by molar-refractivity contribution is 5.80. The molecule has 0 N–H and O–H groups in total. The van der Waals surface area contributed by atoms with Gasteiger partial charge in [0.15, 0.2) is 0 Å². The molecule has 0 spiro atoms. The number of hydrogen-bond acceptors (Lipinski definition) is 4. The number of benzene rings is 1. The van der Waals surface area contributed by atoms with E-state index < -0.39 is 6.36 Å². The third-order valence-corrected chi connectivity index (χ3v) is 3.28. The SMILES string of the molecule is C=C1C=CC(c2cncnc2)=CN1c1ccc(OC(F)(F)F)cc1. The minimum Gasteiger partial charge on any atom is -0.406 e. The lowest BCUT2D eigenvalue weighted by molar-refractivity contribution is -0.274. The van der Waals surface area contributed by atoms with Crippen molar-refractivity contribution in [1.29, 1.82) is 0 Å². The second-order valence-electron chi connectivity index (χ2n) is 4.95. The van der Waals surface area contributed by atoms with Crippen LogP contribution in [0.5, 0.6) is 5.75 Å². The van der Waals surface area contributed by atoms with Crippen LogP contribution < -0.4 is 9.64 Å². The molecule has 0 saturated heterocycles. The first-order valence-electron chi connectivity index (χ1n) is 6.92. The van der Waals surface area contributed by atoms with Crippen molar-refractivity contribution in [2.45, 2.75) is 6.36 Å². The summed E-state index contributed by atoms with van der Waals surface area (Å²) in [5.41, 5.74) is 3.02. The summed E-state index contributed by atoms with van der Waals surface area (Å²) in [6.07, 6.45) is 5.58. The Morgan fingerprint density at radius 2 is 1.67 bits per heavy atom. The van der Waals surface area contributed by atoms with Crippen molar-refractivity contribution in [3.8, 4) is 5.75 Å². The lowest BCUT2D eigenvalue weighted by atomic mass is 10.1. The second-order valence-corrected chi connectivity index (χ2v) is 4.95. The molecule has 0 atom stereocenters. The molecular weight excluding hydrogens is 319 g/mol. The van der Waals surface area contributed by atoms with Crippen LogP contribution in [0.4, 0.5) is 18.9 Å². The van der Waals surface area contributed by atoms with Gasteiger partial charge < -0.3 is 9.64 Å². The van der Waals surface area contributed by atoms with Gasteiger partial charge in [0.2, 0.25) is 0 Å². The van der Waals surface area contributed by atoms with E-state index in [4.69, 9.17) is 0 Å². The molecule has 1 aromatic carbocycles. The molecule has 0 fully saturated rings. The topological polar surface area (TPSA) is 38.2 Å². The maximum atomic E-state index is 12.2. The Labute approximate surface area is 136 Å². The summed E-state index contributed by atoms with van der Waals surface area (Å²) in [5, 5.41) is 0. The van der Waals surface area contributed by atoms with Gasteiger partial charge in [0.05, 0.1) is 0 Å². The molecule has 4 nitrogen and oxygen atoms in total. The molecule has 0 unspecified atom stereocenters. The zero-order valence-electron chi connectivity index (χ0n) is 12.4. The number of ether oxygens (including phenoxy) is 1. The van der Waals surface area contributed by atoms with E-state index in [2.05, 4.69) is 21.3 Å². The van der Waals surface area contributed by atoms with Crippen LogP contribution in [-0.2, 0) is 0 Å². The molecule has 3 rings (SSSR count). The van der Waals surface area contributed by atoms with Crippen molar-refractivity contribution in [2.24, 2.45) is 0 Å². The van der Waals surface area contributed by atoms with Gasteiger partial charge in [-0.2, -0.15) is 0 Å². The Kier molecular flexibility index (Phi) is 4.07. The minimum absolute atomic E-state index is 0.273. The highest BCUT2D eigenvalue weighted by Gasteiger charge is 2.31. The molecule has 0 bridgehead atoms. The van der Waals surface area contributed by atoms with E-state index in [9.17, 15) is 13.2 Å². The number of hydrogen-bond donors (Lipinski definition) is 0. The van der Waals surface area contributed by atoms with Gasteiger partial charge in [-0.3, -0.25) is 0 Å². The van der Waals surface area contributed by atoms with Crippen molar-refractivity contribution in [1.82, 2.24) is 9.97 Å². The first kappa shape index (κ1) is 15.8. The predicted octanol–water partition coefficient (Wildman–Crippen LogP) is 4.31. The summed E-state index contributed by atoms with van der Waals surface area (Å²) in [4.78, 5) is 9.71. The smallest absolute Gasteiger partial charge is 0.406 e. The summed E-state index contributed by atoms with van der Waals surface area (Å²) in [6.45, 7) is 3.93. The molecule has 1 aliphatic rings. The summed E-state index contributed by atoms with van der Waals surface area (Å²) < 4.78 is 40.5. The fraction of sp³-hybridized carbons (Fsp3) is 0.0588. The molecule has 1 aliphatic heterocycles. The average Bonchev–Trinajstić information content (AvgIpc) is 2.56. The Balaban J connectivity index is 1.86. The van der Waals surface area contributed by atoms with E-state index in [1.807, 2.05) is 18.4 Å². The van der Waals surface area contributed by atoms with Crippen LogP contribution in [0.15, 0.2) is 73.6 Å². The normalized spacial score (nSPS) is 14.5. The van der Waals surface area contributed by atoms with Crippen LogP contribution in [0.1, 0.15) is 5.56 Å². The Hall–Kier alpha value is -3.09. The highest BCUT2D eigenvalue weighted by atomic mass is 19.4. The summed E-state index contributed by atoms with van der Waals surface area (Å²) >= 11 is 0. The van der Waals surface area contributed by atoms with Crippen molar-refractivity contribution in [3.05, 3.63) is 79.2 Å². The van der Waals surface area contributed by atoms with Gasteiger partial charge in [0.25, 0.3) is 0 Å². The number of allylic oxidation sites excluding steroid dienone is 3. The number of nitrogens with zero attached hydrogens (tertiary/aromatic N) is 3.